The van der Waals surface area contributed by atoms with Gasteiger partial charge in [-0.15, -0.1) is 0 Å². The summed E-state index contributed by atoms with van der Waals surface area (Å²) < 4.78 is 0. The van der Waals surface area contributed by atoms with E-state index in [9.17, 15) is 0 Å². The van der Waals surface area contributed by atoms with Gasteiger partial charge in [0.1, 0.15) is 0 Å². The van der Waals surface area contributed by atoms with Gasteiger partial charge in [0.25, 0.3) is 0 Å². The van der Waals surface area contributed by atoms with Crippen LogP contribution >= 0.6 is 23.4 Å². The van der Waals surface area contributed by atoms with Crippen LogP contribution in [-0.4, -0.2) is 24.6 Å². The molecule has 1 rings (SSSR count). The lowest BCUT2D eigenvalue weighted by molar-refractivity contribution is 0.550. The minimum Gasteiger partial charge on any atom is -0.313 e. The number of hydrogen-bond donors (Lipinski definition) is 1. The molecule has 0 amide bonds. The van der Waals surface area contributed by atoms with Crippen LogP contribution in [0.25, 0.3) is 0 Å². The molecule has 0 spiro atoms. The second-order valence-electron chi connectivity index (χ2n) is 3.94. The normalized spacial score (nSPS) is 12.7. The van der Waals surface area contributed by atoms with Gasteiger partial charge >= 0.3 is 0 Å². The summed E-state index contributed by atoms with van der Waals surface area (Å²) >= 11 is 7.77. The summed E-state index contributed by atoms with van der Waals surface area (Å²) in [7, 11) is 0. The average molecular weight is 258 g/mol. The first-order valence-electron chi connectivity index (χ1n) is 5.73. The number of rotatable bonds is 7. The topological polar surface area (TPSA) is 12.0 Å². The van der Waals surface area contributed by atoms with Crippen LogP contribution in [0.2, 0.25) is 5.02 Å². The van der Waals surface area contributed by atoms with E-state index in [0.29, 0.717) is 6.04 Å². The summed E-state index contributed by atoms with van der Waals surface area (Å²) in [5.41, 5.74) is 1.35. The Morgan fingerprint density at radius 1 is 1.31 bits per heavy atom. The molecule has 90 valence electrons. The van der Waals surface area contributed by atoms with Crippen molar-refractivity contribution in [2.45, 2.75) is 25.8 Å². The molecule has 0 aromatic heterocycles. The minimum atomic E-state index is 0.566. The summed E-state index contributed by atoms with van der Waals surface area (Å²) in [5.74, 6) is 1.16. The highest BCUT2D eigenvalue weighted by Gasteiger charge is 2.07. The molecule has 1 aromatic carbocycles. The first kappa shape index (κ1) is 13.9. The Hall–Kier alpha value is -0.180. The maximum atomic E-state index is 5.87. The second-order valence-corrected chi connectivity index (χ2v) is 5.28. The van der Waals surface area contributed by atoms with Crippen LogP contribution in [0, 0.1) is 0 Å². The molecule has 3 heteroatoms. The summed E-state index contributed by atoms with van der Waals surface area (Å²) in [6.45, 7) is 3.30. The summed E-state index contributed by atoms with van der Waals surface area (Å²) in [6, 6.07) is 8.72. The molecule has 0 aliphatic carbocycles. The molecular formula is C13H20ClNS. The first-order valence-corrected chi connectivity index (χ1v) is 7.50. The van der Waals surface area contributed by atoms with Gasteiger partial charge in [-0.2, -0.15) is 11.8 Å². The molecule has 0 heterocycles. The maximum absolute atomic E-state index is 5.87. The molecule has 1 nitrogen and oxygen atoms in total. The van der Waals surface area contributed by atoms with Gasteiger partial charge in [0.05, 0.1) is 0 Å². The Balaban J connectivity index is 2.49. The maximum Gasteiger partial charge on any atom is 0.0406 e. The van der Waals surface area contributed by atoms with Crippen LogP contribution in [0.3, 0.4) is 0 Å². The largest absolute Gasteiger partial charge is 0.313 e. The van der Waals surface area contributed by atoms with Crippen molar-refractivity contribution in [1.29, 1.82) is 0 Å². The van der Waals surface area contributed by atoms with Crippen LogP contribution in [-0.2, 0) is 6.42 Å². The molecule has 0 saturated carbocycles. The molecule has 1 aromatic rings. The van der Waals surface area contributed by atoms with Crippen molar-refractivity contribution in [3.63, 3.8) is 0 Å². The van der Waals surface area contributed by atoms with Gasteiger partial charge in [0.2, 0.25) is 0 Å². The van der Waals surface area contributed by atoms with E-state index in [0.717, 1.165) is 23.7 Å². The van der Waals surface area contributed by atoms with Gasteiger partial charge in [-0.1, -0.05) is 30.7 Å². The highest BCUT2D eigenvalue weighted by molar-refractivity contribution is 7.98. The molecule has 1 N–H and O–H groups in total. The molecule has 0 aliphatic heterocycles. The van der Waals surface area contributed by atoms with Crippen molar-refractivity contribution in [2.75, 3.05) is 18.6 Å². The monoisotopic (exact) mass is 257 g/mol. The van der Waals surface area contributed by atoms with E-state index in [1.54, 1.807) is 0 Å². The van der Waals surface area contributed by atoms with E-state index >= 15 is 0 Å². The van der Waals surface area contributed by atoms with Crippen LogP contribution < -0.4 is 5.32 Å². The Kier molecular flexibility index (Phi) is 6.93. The van der Waals surface area contributed by atoms with E-state index in [4.69, 9.17) is 11.6 Å². The van der Waals surface area contributed by atoms with Crippen LogP contribution in [0.15, 0.2) is 24.3 Å². The predicted octanol–water partition coefficient (Wildman–Crippen LogP) is 3.61. The number of nitrogens with one attached hydrogen (secondary N) is 1. The lowest BCUT2D eigenvalue weighted by Gasteiger charge is -2.17. The summed E-state index contributed by atoms with van der Waals surface area (Å²) in [5, 5.41) is 4.39. The highest BCUT2D eigenvalue weighted by Crippen LogP contribution is 2.12. The molecule has 0 radical (unpaired) electrons. The van der Waals surface area contributed by atoms with Gasteiger partial charge in [-0.3, -0.25) is 0 Å². The lowest BCUT2D eigenvalue weighted by atomic mass is 10.1. The smallest absolute Gasteiger partial charge is 0.0406 e. The van der Waals surface area contributed by atoms with Crippen LogP contribution in [0.1, 0.15) is 18.9 Å². The zero-order chi connectivity index (χ0) is 11.8. The Labute approximate surface area is 108 Å². The van der Waals surface area contributed by atoms with E-state index in [1.165, 1.54) is 12.0 Å². The third-order valence-electron chi connectivity index (χ3n) is 2.45. The number of thioether (sulfide) groups is 1. The van der Waals surface area contributed by atoms with E-state index in [1.807, 2.05) is 23.9 Å². The average Bonchev–Trinajstić information content (AvgIpc) is 2.29. The van der Waals surface area contributed by atoms with Crippen molar-refractivity contribution in [1.82, 2.24) is 5.32 Å². The lowest BCUT2D eigenvalue weighted by Crippen LogP contribution is -2.33. The molecule has 16 heavy (non-hydrogen) atoms. The molecule has 0 fully saturated rings. The molecule has 0 aliphatic rings. The quantitative estimate of drug-likeness (QED) is 0.801. The van der Waals surface area contributed by atoms with Gasteiger partial charge in [0.15, 0.2) is 0 Å². The molecular weight excluding hydrogens is 238 g/mol. The molecule has 1 atom stereocenters. The highest BCUT2D eigenvalue weighted by atomic mass is 35.5. The predicted molar refractivity (Wildman–Crippen MR) is 75.6 cm³/mol. The first-order chi connectivity index (χ1) is 7.76. The number of halogens is 1. The fourth-order valence-electron chi connectivity index (χ4n) is 1.64. The van der Waals surface area contributed by atoms with Crippen molar-refractivity contribution < 1.29 is 0 Å². The Morgan fingerprint density at radius 2 is 2.00 bits per heavy atom. The SMILES string of the molecule is CCCNC(CSC)Cc1ccc(Cl)cc1. The Morgan fingerprint density at radius 3 is 2.56 bits per heavy atom. The standard InChI is InChI=1S/C13H20ClNS/c1-3-8-15-13(10-16-2)9-11-4-6-12(14)7-5-11/h4-7,13,15H,3,8-10H2,1-2H3. The van der Waals surface area contributed by atoms with Crippen LogP contribution in [0.4, 0.5) is 0 Å². The minimum absolute atomic E-state index is 0.566. The number of hydrogen-bond acceptors (Lipinski definition) is 2. The molecule has 0 saturated heterocycles. The van der Waals surface area contributed by atoms with E-state index in [-0.39, 0.29) is 0 Å². The van der Waals surface area contributed by atoms with Gasteiger partial charge < -0.3 is 5.32 Å². The van der Waals surface area contributed by atoms with Gasteiger partial charge in [-0.25, -0.2) is 0 Å². The molecule has 1 unspecified atom stereocenters. The fraction of sp³-hybridized carbons (Fsp3) is 0.538. The van der Waals surface area contributed by atoms with Crippen molar-refractivity contribution >= 4 is 23.4 Å². The van der Waals surface area contributed by atoms with Crippen molar-refractivity contribution in [3.05, 3.63) is 34.9 Å². The van der Waals surface area contributed by atoms with Gasteiger partial charge in [-0.05, 0) is 43.3 Å². The second kappa shape index (κ2) is 7.99. The number of benzene rings is 1. The van der Waals surface area contributed by atoms with Crippen molar-refractivity contribution in [3.8, 4) is 0 Å². The zero-order valence-corrected chi connectivity index (χ0v) is 11.6. The summed E-state index contributed by atoms with van der Waals surface area (Å²) in [6.07, 6.45) is 4.42. The zero-order valence-electron chi connectivity index (χ0n) is 10.0. The Bertz CT molecular complexity index is 286. The van der Waals surface area contributed by atoms with E-state index in [2.05, 4.69) is 30.6 Å². The molecule has 0 bridgehead atoms. The van der Waals surface area contributed by atoms with Crippen molar-refractivity contribution in [2.24, 2.45) is 0 Å². The van der Waals surface area contributed by atoms with Crippen LogP contribution in [0.5, 0.6) is 0 Å². The summed E-state index contributed by atoms with van der Waals surface area (Å²) in [4.78, 5) is 0. The van der Waals surface area contributed by atoms with E-state index < -0.39 is 0 Å². The van der Waals surface area contributed by atoms with Gasteiger partial charge in [0, 0.05) is 16.8 Å². The fourth-order valence-corrected chi connectivity index (χ4v) is 2.41. The third kappa shape index (κ3) is 5.24. The third-order valence-corrected chi connectivity index (χ3v) is 3.43.